The van der Waals surface area contributed by atoms with Gasteiger partial charge in [-0.2, -0.15) is 0 Å². The summed E-state index contributed by atoms with van der Waals surface area (Å²) < 4.78 is 8.39. The zero-order chi connectivity index (χ0) is 13.2. The van der Waals surface area contributed by atoms with Gasteiger partial charge in [0.2, 0.25) is 0 Å². The van der Waals surface area contributed by atoms with Crippen LogP contribution in [0.3, 0.4) is 0 Å². The van der Waals surface area contributed by atoms with Gasteiger partial charge in [0.25, 0.3) is 0 Å². The van der Waals surface area contributed by atoms with E-state index in [2.05, 4.69) is 17.7 Å². The maximum absolute atomic E-state index is 5.51. The molecule has 2 aliphatic rings. The first-order valence-electron chi connectivity index (χ1n) is 7.48. The minimum absolute atomic E-state index is 0.545. The summed E-state index contributed by atoms with van der Waals surface area (Å²) in [7, 11) is -1.05. The van der Waals surface area contributed by atoms with Gasteiger partial charge in [-0.25, -0.2) is 0 Å². The first-order chi connectivity index (χ1) is 8.54. The number of ether oxygens (including phenoxy) is 1. The molecule has 104 valence electrons. The largest absolute Gasteiger partial charge is 0.487 e. The molecule has 2 fully saturated rings. The lowest BCUT2D eigenvalue weighted by atomic mass is 9.86. The standard InChI is InChI=1S/C14H27NOSSi/c1-4-16-14(17)12-6-8-13(9-7-12)15-10-5-11-18(15,2)3/h12-13H,4-11H2,1-3H3. The van der Waals surface area contributed by atoms with Gasteiger partial charge >= 0.3 is 0 Å². The highest BCUT2D eigenvalue weighted by Gasteiger charge is 2.40. The fourth-order valence-electron chi connectivity index (χ4n) is 3.69. The Morgan fingerprint density at radius 2 is 1.94 bits per heavy atom. The summed E-state index contributed by atoms with van der Waals surface area (Å²) >= 11 is 5.36. The second-order valence-corrected chi connectivity index (χ2v) is 11.5. The zero-order valence-electron chi connectivity index (χ0n) is 12.1. The van der Waals surface area contributed by atoms with E-state index < -0.39 is 8.24 Å². The molecule has 2 rings (SSSR count). The highest BCUT2D eigenvalue weighted by Crippen LogP contribution is 2.35. The number of nitrogens with zero attached hydrogens (tertiary/aromatic N) is 1. The molecular weight excluding hydrogens is 258 g/mol. The van der Waals surface area contributed by atoms with Gasteiger partial charge in [0, 0.05) is 12.0 Å². The lowest BCUT2D eigenvalue weighted by Crippen LogP contribution is -2.50. The Morgan fingerprint density at radius 1 is 1.28 bits per heavy atom. The molecule has 0 spiro atoms. The van der Waals surface area contributed by atoms with Gasteiger partial charge in [-0.1, -0.05) is 13.1 Å². The average Bonchev–Trinajstić information content (AvgIpc) is 2.69. The molecule has 0 aromatic heterocycles. The molecule has 0 N–H and O–H groups in total. The molecule has 0 aromatic rings. The molecule has 4 heteroatoms. The molecule has 0 aromatic carbocycles. The maximum Gasteiger partial charge on any atom is 0.162 e. The first kappa shape index (κ1) is 14.5. The fourth-order valence-corrected chi connectivity index (χ4v) is 7.36. The van der Waals surface area contributed by atoms with Crippen molar-refractivity contribution >= 4 is 25.5 Å². The zero-order valence-corrected chi connectivity index (χ0v) is 13.9. The van der Waals surface area contributed by atoms with Crippen LogP contribution in [0.1, 0.15) is 39.0 Å². The Morgan fingerprint density at radius 3 is 2.44 bits per heavy atom. The third kappa shape index (κ3) is 3.14. The minimum atomic E-state index is -1.05. The van der Waals surface area contributed by atoms with Gasteiger partial charge in [0.15, 0.2) is 5.05 Å². The van der Waals surface area contributed by atoms with E-state index in [4.69, 9.17) is 17.0 Å². The predicted molar refractivity (Wildman–Crippen MR) is 83.6 cm³/mol. The molecule has 18 heavy (non-hydrogen) atoms. The van der Waals surface area contributed by atoms with Crippen LogP contribution in [-0.2, 0) is 4.74 Å². The van der Waals surface area contributed by atoms with Crippen LogP contribution >= 0.6 is 12.2 Å². The lowest BCUT2D eigenvalue weighted by Gasteiger charge is -2.41. The molecule has 0 amide bonds. The van der Waals surface area contributed by atoms with Crippen LogP contribution in [-0.4, -0.2) is 37.0 Å². The van der Waals surface area contributed by atoms with E-state index in [1.54, 1.807) is 0 Å². The highest BCUT2D eigenvalue weighted by atomic mass is 32.1. The molecule has 1 heterocycles. The van der Waals surface area contributed by atoms with Gasteiger partial charge < -0.3 is 9.30 Å². The first-order valence-corrected chi connectivity index (χ1v) is 11.0. The van der Waals surface area contributed by atoms with Gasteiger partial charge in [-0.05, 0) is 63.8 Å². The summed E-state index contributed by atoms with van der Waals surface area (Å²) in [5.74, 6) is 0.545. The molecule has 1 aliphatic heterocycles. The molecule has 1 saturated carbocycles. The molecule has 2 nitrogen and oxygen atoms in total. The summed E-state index contributed by atoms with van der Waals surface area (Å²) in [5.41, 5.74) is 0. The molecule has 0 bridgehead atoms. The molecule has 0 unspecified atom stereocenters. The van der Waals surface area contributed by atoms with Gasteiger partial charge in [-0.15, -0.1) is 0 Å². The monoisotopic (exact) mass is 285 g/mol. The van der Waals surface area contributed by atoms with Crippen molar-refractivity contribution in [3.63, 3.8) is 0 Å². The van der Waals surface area contributed by atoms with Crippen molar-refractivity contribution in [3.8, 4) is 0 Å². The number of thiocarbonyl (C=S) groups is 1. The van der Waals surface area contributed by atoms with Crippen molar-refractivity contribution in [2.45, 2.75) is 64.2 Å². The Balaban J connectivity index is 1.85. The van der Waals surface area contributed by atoms with Crippen LogP contribution < -0.4 is 0 Å². The Hall–Kier alpha value is 0.0669. The van der Waals surface area contributed by atoms with Crippen LogP contribution in [0, 0.1) is 5.92 Å². The third-order valence-electron chi connectivity index (χ3n) is 4.72. The second-order valence-electron chi connectivity index (χ2n) is 6.37. The maximum atomic E-state index is 5.51. The van der Waals surface area contributed by atoms with E-state index in [1.165, 1.54) is 44.7 Å². The van der Waals surface area contributed by atoms with E-state index in [9.17, 15) is 0 Å². The quantitative estimate of drug-likeness (QED) is 0.578. The smallest absolute Gasteiger partial charge is 0.162 e. The number of hydrogen-bond acceptors (Lipinski definition) is 3. The normalized spacial score (nSPS) is 32.4. The molecule has 1 aliphatic carbocycles. The van der Waals surface area contributed by atoms with Gasteiger partial charge in [0.1, 0.15) is 8.24 Å². The van der Waals surface area contributed by atoms with Crippen molar-refractivity contribution in [2.75, 3.05) is 13.2 Å². The van der Waals surface area contributed by atoms with E-state index in [0.29, 0.717) is 5.92 Å². The van der Waals surface area contributed by atoms with E-state index in [-0.39, 0.29) is 0 Å². The van der Waals surface area contributed by atoms with Gasteiger partial charge in [-0.3, -0.25) is 0 Å². The highest BCUT2D eigenvalue weighted by molar-refractivity contribution is 7.80. The van der Waals surface area contributed by atoms with Crippen LogP contribution in [0.4, 0.5) is 0 Å². The van der Waals surface area contributed by atoms with E-state index in [0.717, 1.165) is 17.7 Å². The molecule has 0 radical (unpaired) electrons. The molecular formula is C14H27NOSSi. The summed E-state index contributed by atoms with van der Waals surface area (Å²) in [5, 5.41) is 0.869. The van der Waals surface area contributed by atoms with Crippen LogP contribution in [0.25, 0.3) is 0 Å². The van der Waals surface area contributed by atoms with Crippen LogP contribution in [0.15, 0.2) is 0 Å². The SMILES string of the molecule is CCOC(=S)C1CCC(N2CCC[Si]2(C)C)CC1. The predicted octanol–water partition coefficient (Wildman–Crippen LogP) is 3.82. The Labute approximate surface area is 118 Å². The third-order valence-corrected chi connectivity index (χ3v) is 8.89. The van der Waals surface area contributed by atoms with Crippen molar-refractivity contribution in [2.24, 2.45) is 5.92 Å². The van der Waals surface area contributed by atoms with Crippen molar-refractivity contribution < 1.29 is 4.74 Å². The Kier molecular flexibility index (Phi) is 4.84. The van der Waals surface area contributed by atoms with Crippen LogP contribution in [0.2, 0.25) is 19.1 Å². The van der Waals surface area contributed by atoms with E-state index >= 15 is 0 Å². The second kappa shape index (κ2) is 6.01. The van der Waals surface area contributed by atoms with Crippen molar-refractivity contribution in [3.05, 3.63) is 0 Å². The minimum Gasteiger partial charge on any atom is -0.487 e. The van der Waals surface area contributed by atoms with Crippen molar-refractivity contribution in [1.29, 1.82) is 0 Å². The summed E-state index contributed by atoms with van der Waals surface area (Å²) in [6.07, 6.45) is 6.56. The number of hydrogen-bond donors (Lipinski definition) is 0. The van der Waals surface area contributed by atoms with E-state index in [1.807, 2.05) is 6.92 Å². The average molecular weight is 286 g/mol. The summed E-state index contributed by atoms with van der Waals surface area (Å²) in [6.45, 7) is 9.18. The van der Waals surface area contributed by atoms with Gasteiger partial charge in [0.05, 0.1) is 6.61 Å². The molecule has 1 saturated heterocycles. The lowest BCUT2D eigenvalue weighted by molar-refractivity contribution is 0.223. The molecule has 0 atom stereocenters. The summed E-state index contributed by atoms with van der Waals surface area (Å²) in [4.78, 5) is 0. The van der Waals surface area contributed by atoms with Crippen LogP contribution in [0.5, 0.6) is 0 Å². The number of rotatable bonds is 3. The topological polar surface area (TPSA) is 12.5 Å². The van der Waals surface area contributed by atoms with Crippen molar-refractivity contribution in [1.82, 2.24) is 4.57 Å². The Bertz CT molecular complexity index is 300. The summed E-state index contributed by atoms with van der Waals surface area (Å²) in [6, 6.07) is 2.33. The fraction of sp³-hybridized carbons (Fsp3) is 0.929.